The van der Waals surface area contributed by atoms with Gasteiger partial charge in [-0.15, -0.1) is 11.3 Å². The van der Waals surface area contributed by atoms with Crippen LogP contribution >= 0.6 is 22.7 Å². The van der Waals surface area contributed by atoms with Crippen LogP contribution in [-0.4, -0.2) is 28.0 Å². The lowest BCUT2D eigenvalue weighted by molar-refractivity contribution is 0.0988. The maximum Gasteiger partial charge on any atom is 0.272 e. The Kier molecular flexibility index (Phi) is 5.06. The number of aromatic nitrogens is 3. The molecule has 4 rings (SSSR count). The Morgan fingerprint density at radius 1 is 1.14 bits per heavy atom. The zero-order valence-electron chi connectivity index (χ0n) is 15.7. The molecule has 4 aromatic rings. The molecule has 0 atom stereocenters. The molecule has 28 heavy (non-hydrogen) atoms. The molecule has 0 aliphatic rings. The SMILES string of the molecule is COc1ccc2nc(N(Cc3ccccn3)C(=O)c3sc(C)nc3C)sc2c1. The molecule has 1 amide bonds. The van der Waals surface area contributed by atoms with Gasteiger partial charge in [-0.25, -0.2) is 9.97 Å². The Labute approximate surface area is 170 Å². The van der Waals surface area contributed by atoms with E-state index in [4.69, 9.17) is 9.72 Å². The number of carbonyl (C=O) groups is 1. The summed E-state index contributed by atoms with van der Waals surface area (Å²) < 4.78 is 6.27. The number of carbonyl (C=O) groups excluding carboxylic acids is 1. The molecule has 0 spiro atoms. The standard InChI is InChI=1S/C20H18N4O2S2/c1-12-18(27-13(2)22-12)19(25)24(11-14-6-4-5-9-21-14)20-23-16-8-7-15(26-3)10-17(16)28-20/h4-10H,11H2,1-3H3. The highest BCUT2D eigenvalue weighted by Crippen LogP contribution is 2.33. The van der Waals surface area contributed by atoms with Crippen molar-refractivity contribution in [2.45, 2.75) is 20.4 Å². The van der Waals surface area contributed by atoms with Gasteiger partial charge < -0.3 is 4.74 Å². The van der Waals surface area contributed by atoms with Gasteiger partial charge in [0.05, 0.1) is 40.3 Å². The molecule has 0 aliphatic heterocycles. The van der Waals surface area contributed by atoms with Gasteiger partial charge in [-0.1, -0.05) is 17.4 Å². The van der Waals surface area contributed by atoms with Crippen LogP contribution in [-0.2, 0) is 6.54 Å². The van der Waals surface area contributed by atoms with E-state index in [9.17, 15) is 4.79 Å². The van der Waals surface area contributed by atoms with Gasteiger partial charge in [0, 0.05) is 6.20 Å². The molecule has 8 heteroatoms. The van der Waals surface area contributed by atoms with E-state index in [1.165, 1.54) is 22.7 Å². The first kappa shape index (κ1) is 18.5. The van der Waals surface area contributed by atoms with Crippen molar-refractivity contribution in [2.75, 3.05) is 12.0 Å². The number of methoxy groups -OCH3 is 1. The number of benzene rings is 1. The molecular formula is C20H18N4O2S2. The molecule has 0 radical (unpaired) electrons. The molecule has 0 fully saturated rings. The fourth-order valence-electron chi connectivity index (χ4n) is 2.87. The number of rotatable bonds is 5. The molecule has 0 unspecified atom stereocenters. The van der Waals surface area contributed by atoms with Gasteiger partial charge in [0.15, 0.2) is 5.13 Å². The summed E-state index contributed by atoms with van der Waals surface area (Å²) in [5, 5.41) is 1.50. The first-order chi connectivity index (χ1) is 13.5. The van der Waals surface area contributed by atoms with Crippen LogP contribution in [0.4, 0.5) is 5.13 Å². The fraction of sp³-hybridized carbons (Fsp3) is 0.200. The molecule has 3 aromatic heterocycles. The second kappa shape index (κ2) is 7.65. The minimum absolute atomic E-state index is 0.111. The molecule has 142 valence electrons. The smallest absolute Gasteiger partial charge is 0.272 e. The maximum atomic E-state index is 13.4. The van der Waals surface area contributed by atoms with Crippen LogP contribution in [0.3, 0.4) is 0 Å². The Morgan fingerprint density at radius 2 is 2.00 bits per heavy atom. The zero-order valence-corrected chi connectivity index (χ0v) is 17.3. The van der Waals surface area contributed by atoms with E-state index in [0.717, 1.165) is 32.4 Å². The largest absolute Gasteiger partial charge is 0.497 e. The summed E-state index contributed by atoms with van der Waals surface area (Å²) in [5.41, 5.74) is 2.37. The quantitative estimate of drug-likeness (QED) is 0.480. The third-order valence-electron chi connectivity index (χ3n) is 4.20. The Balaban J connectivity index is 1.78. The minimum atomic E-state index is -0.111. The number of ether oxygens (including phenoxy) is 1. The van der Waals surface area contributed by atoms with E-state index in [2.05, 4.69) is 9.97 Å². The minimum Gasteiger partial charge on any atom is -0.497 e. The summed E-state index contributed by atoms with van der Waals surface area (Å²) in [7, 11) is 1.63. The molecule has 0 bridgehead atoms. The van der Waals surface area contributed by atoms with Gasteiger partial charge in [0.2, 0.25) is 0 Å². The summed E-state index contributed by atoms with van der Waals surface area (Å²) in [5.74, 6) is 0.652. The van der Waals surface area contributed by atoms with E-state index in [1.807, 2.05) is 50.2 Å². The van der Waals surface area contributed by atoms with Crippen molar-refractivity contribution in [2.24, 2.45) is 0 Å². The number of hydrogen-bond donors (Lipinski definition) is 0. The number of pyridine rings is 1. The van der Waals surface area contributed by atoms with Crippen LogP contribution in [0.1, 0.15) is 26.1 Å². The van der Waals surface area contributed by atoms with Gasteiger partial charge >= 0.3 is 0 Å². The van der Waals surface area contributed by atoms with Gasteiger partial charge in [-0.05, 0) is 44.2 Å². The predicted octanol–water partition coefficient (Wildman–Crippen LogP) is 4.62. The predicted molar refractivity (Wildman–Crippen MR) is 113 cm³/mol. The highest BCUT2D eigenvalue weighted by molar-refractivity contribution is 7.22. The van der Waals surface area contributed by atoms with Crippen LogP contribution in [0.2, 0.25) is 0 Å². The number of thiazole rings is 2. The highest BCUT2D eigenvalue weighted by atomic mass is 32.1. The number of hydrogen-bond acceptors (Lipinski definition) is 7. The Morgan fingerprint density at radius 3 is 2.68 bits per heavy atom. The van der Waals surface area contributed by atoms with E-state index in [1.54, 1.807) is 18.2 Å². The third-order valence-corrected chi connectivity index (χ3v) is 6.31. The van der Waals surface area contributed by atoms with Crippen LogP contribution in [0.15, 0.2) is 42.6 Å². The summed E-state index contributed by atoms with van der Waals surface area (Å²) >= 11 is 2.86. The average molecular weight is 411 g/mol. The summed E-state index contributed by atoms with van der Waals surface area (Å²) in [6.45, 7) is 4.10. The van der Waals surface area contributed by atoms with Crippen LogP contribution < -0.4 is 9.64 Å². The number of nitrogens with zero attached hydrogens (tertiary/aromatic N) is 4. The van der Waals surface area contributed by atoms with Crippen molar-refractivity contribution >= 4 is 43.9 Å². The van der Waals surface area contributed by atoms with E-state index < -0.39 is 0 Å². The van der Waals surface area contributed by atoms with Crippen molar-refractivity contribution in [3.8, 4) is 5.75 Å². The van der Waals surface area contributed by atoms with Crippen molar-refractivity contribution in [1.29, 1.82) is 0 Å². The lowest BCUT2D eigenvalue weighted by Gasteiger charge is -2.19. The van der Waals surface area contributed by atoms with Gasteiger partial charge in [0.1, 0.15) is 10.6 Å². The fourth-order valence-corrected chi connectivity index (χ4v) is 4.73. The van der Waals surface area contributed by atoms with Crippen LogP contribution in [0.5, 0.6) is 5.75 Å². The normalized spacial score (nSPS) is 11.0. The molecule has 0 aliphatic carbocycles. The summed E-state index contributed by atoms with van der Waals surface area (Å²) in [6, 6.07) is 11.4. The molecule has 0 N–H and O–H groups in total. The molecule has 0 saturated heterocycles. The van der Waals surface area contributed by atoms with E-state index in [-0.39, 0.29) is 5.91 Å². The highest BCUT2D eigenvalue weighted by Gasteiger charge is 2.25. The van der Waals surface area contributed by atoms with Crippen LogP contribution in [0, 0.1) is 13.8 Å². The Hall–Kier alpha value is -2.84. The number of amides is 1. The van der Waals surface area contributed by atoms with E-state index >= 15 is 0 Å². The second-order valence-corrected chi connectivity index (χ2v) is 8.40. The lowest BCUT2D eigenvalue weighted by atomic mass is 10.3. The monoisotopic (exact) mass is 410 g/mol. The van der Waals surface area contributed by atoms with E-state index in [0.29, 0.717) is 16.6 Å². The Bertz CT molecular complexity index is 1140. The average Bonchev–Trinajstić information content (AvgIpc) is 3.27. The zero-order chi connectivity index (χ0) is 19.7. The summed E-state index contributed by atoms with van der Waals surface area (Å²) in [4.78, 5) is 29.2. The number of fused-ring (bicyclic) bond motifs is 1. The maximum absolute atomic E-state index is 13.4. The second-order valence-electron chi connectivity index (χ2n) is 6.19. The van der Waals surface area contributed by atoms with Crippen molar-refractivity contribution < 1.29 is 9.53 Å². The summed E-state index contributed by atoms with van der Waals surface area (Å²) in [6.07, 6.45) is 1.73. The molecule has 3 heterocycles. The third kappa shape index (κ3) is 3.61. The van der Waals surface area contributed by atoms with Crippen molar-refractivity contribution in [3.63, 3.8) is 0 Å². The topological polar surface area (TPSA) is 68.2 Å². The first-order valence-corrected chi connectivity index (χ1v) is 10.3. The molecular weight excluding hydrogens is 392 g/mol. The number of anilines is 1. The molecule has 0 saturated carbocycles. The molecule has 6 nitrogen and oxygen atoms in total. The van der Waals surface area contributed by atoms with Gasteiger partial charge in [-0.2, -0.15) is 0 Å². The molecule has 1 aromatic carbocycles. The lowest BCUT2D eigenvalue weighted by Crippen LogP contribution is -2.30. The van der Waals surface area contributed by atoms with Gasteiger partial charge in [-0.3, -0.25) is 14.7 Å². The number of aryl methyl sites for hydroxylation is 2. The van der Waals surface area contributed by atoms with Gasteiger partial charge in [0.25, 0.3) is 5.91 Å². The van der Waals surface area contributed by atoms with Crippen molar-refractivity contribution in [3.05, 3.63) is 63.9 Å². The van der Waals surface area contributed by atoms with Crippen LogP contribution in [0.25, 0.3) is 10.2 Å². The first-order valence-electron chi connectivity index (χ1n) is 8.65. The van der Waals surface area contributed by atoms with Crippen molar-refractivity contribution in [1.82, 2.24) is 15.0 Å².